The van der Waals surface area contributed by atoms with E-state index in [0.717, 1.165) is 54.0 Å². The lowest BCUT2D eigenvalue weighted by Crippen LogP contribution is -2.49. The summed E-state index contributed by atoms with van der Waals surface area (Å²) in [5.41, 5.74) is 2.26. The van der Waals surface area contributed by atoms with E-state index in [9.17, 15) is 4.79 Å². The largest absolute Gasteiger partial charge is 0.369 e. The van der Waals surface area contributed by atoms with Crippen LogP contribution >= 0.6 is 11.7 Å². The molecule has 1 aliphatic rings. The fourth-order valence-electron chi connectivity index (χ4n) is 3.01. The molecule has 26 heavy (non-hydrogen) atoms. The van der Waals surface area contributed by atoms with Crippen LogP contribution < -0.4 is 10.2 Å². The van der Waals surface area contributed by atoms with Gasteiger partial charge in [0.25, 0.3) is 5.91 Å². The molecule has 0 bridgehead atoms. The summed E-state index contributed by atoms with van der Waals surface area (Å²) in [4.78, 5) is 16.8. The van der Waals surface area contributed by atoms with Gasteiger partial charge in [0.05, 0.1) is 11.7 Å². The second kappa shape index (κ2) is 7.20. The molecule has 1 N–H and O–H groups in total. The van der Waals surface area contributed by atoms with Gasteiger partial charge < -0.3 is 15.1 Å². The van der Waals surface area contributed by atoms with Gasteiger partial charge in [-0.15, -0.1) is 10.2 Å². The molecule has 4 rings (SSSR count). The Hall–Kier alpha value is -2.81. The van der Waals surface area contributed by atoms with Gasteiger partial charge in [-0.25, -0.2) is 0 Å². The molecule has 8 nitrogen and oxygen atoms in total. The number of nitrogens with one attached hydrogen (secondary N) is 1. The van der Waals surface area contributed by atoms with E-state index in [4.69, 9.17) is 0 Å². The molecule has 0 atom stereocenters. The van der Waals surface area contributed by atoms with E-state index >= 15 is 0 Å². The number of anilines is 2. The lowest BCUT2D eigenvalue weighted by Gasteiger charge is -2.35. The van der Waals surface area contributed by atoms with Crippen molar-refractivity contribution in [3.63, 3.8) is 0 Å². The predicted molar refractivity (Wildman–Crippen MR) is 102 cm³/mol. The van der Waals surface area contributed by atoms with Crippen molar-refractivity contribution >= 4 is 40.3 Å². The monoisotopic (exact) mass is 369 g/mol. The van der Waals surface area contributed by atoms with Gasteiger partial charge in [0.15, 0.2) is 5.82 Å². The zero-order valence-corrected chi connectivity index (χ0v) is 15.2. The minimum atomic E-state index is 0.0353. The van der Waals surface area contributed by atoms with E-state index in [1.807, 2.05) is 42.2 Å². The third-order valence-corrected chi connectivity index (χ3v) is 4.96. The third kappa shape index (κ3) is 3.30. The summed E-state index contributed by atoms with van der Waals surface area (Å²) in [6.45, 7) is 5.63. The molecule has 1 aliphatic heterocycles. The quantitative estimate of drug-likeness (QED) is 0.751. The summed E-state index contributed by atoms with van der Waals surface area (Å²) in [7, 11) is 0. The van der Waals surface area contributed by atoms with Crippen molar-refractivity contribution in [2.75, 3.05) is 42.9 Å². The van der Waals surface area contributed by atoms with Gasteiger partial charge >= 0.3 is 0 Å². The Balaban J connectivity index is 1.40. The predicted octanol–water partition coefficient (Wildman–Crippen LogP) is 1.88. The van der Waals surface area contributed by atoms with Crippen LogP contribution in [0.1, 0.15) is 17.3 Å². The molecule has 0 aliphatic carbocycles. The van der Waals surface area contributed by atoms with Gasteiger partial charge in [-0.05, 0) is 37.3 Å². The summed E-state index contributed by atoms with van der Waals surface area (Å²) >= 11 is 1.16. The number of fused-ring (bicyclic) bond motifs is 1. The van der Waals surface area contributed by atoms with Gasteiger partial charge in [-0.1, -0.05) is 0 Å². The maximum absolute atomic E-state index is 12.8. The Morgan fingerprint density at radius 1 is 1.08 bits per heavy atom. The molecule has 3 aromatic rings. The first-order valence-electron chi connectivity index (χ1n) is 8.59. The Labute approximate surface area is 155 Å². The average molecular weight is 369 g/mol. The molecule has 134 valence electrons. The zero-order valence-electron chi connectivity index (χ0n) is 14.4. The number of nitrogens with zero attached hydrogens (tertiary/aromatic N) is 6. The van der Waals surface area contributed by atoms with Crippen molar-refractivity contribution in [1.29, 1.82) is 0 Å². The minimum Gasteiger partial charge on any atom is -0.369 e. The second-order valence-electron chi connectivity index (χ2n) is 6.05. The number of aromatic nitrogens is 4. The van der Waals surface area contributed by atoms with Crippen LogP contribution in [0.15, 0.2) is 30.3 Å². The van der Waals surface area contributed by atoms with Crippen molar-refractivity contribution in [2.45, 2.75) is 6.92 Å². The first-order chi connectivity index (χ1) is 12.7. The zero-order chi connectivity index (χ0) is 17.9. The number of benzene rings is 1. The molecule has 1 saturated heterocycles. The van der Waals surface area contributed by atoms with E-state index < -0.39 is 0 Å². The van der Waals surface area contributed by atoms with Crippen LogP contribution in [0.3, 0.4) is 0 Å². The summed E-state index contributed by atoms with van der Waals surface area (Å²) in [5, 5.41) is 11.6. The number of amides is 1. The van der Waals surface area contributed by atoms with Crippen LogP contribution in [0, 0.1) is 0 Å². The summed E-state index contributed by atoms with van der Waals surface area (Å²) in [5.74, 6) is 1.65. The number of rotatable bonds is 4. The van der Waals surface area contributed by atoms with Crippen molar-refractivity contribution in [2.24, 2.45) is 0 Å². The van der Waals surface area contributed by atoms with Gasteiger partial charge in [-0.3, -0.25) is 4.79 Å². The van der Waals surface area contributed by atoms with E-state index in [1.54, 1.807) is 0 Å². The molecule has 9 heteroatoms. The molecule has 1 aromatic carbocycles. The summed E-state index contributed by atoms with van der Waals surface area (Å²) in [6.07, 6.45) is 0. The Morgan fingerprint density at radius 2 is 1.88 bits per heavy atom. The fraction of sp³-hybridized carbons (Fsp3) is 0.353. The van der Waals surface area contributed by atoms with Crippen molar-refractivity contribution < 1.29 is 4.79 Å². The molecule has 2 aromatic heterocycles. The van der Waals surface area contributed by atoms with Gasteiger partial charge in [0.2, 0.25) is 0 Å². The average Bonchev–Trinajstić information content (AvgIpc) is 3.16. The lowest BCUT2D eigenvalue weighted by molar-refractivity contribution is 0.0746. The third-order valence-electron chi connectivity index (χ3n) is 4.40. The molecule has 0 spiro atoms. The summed E-state index contributed by atoms with van der Waals surface area (Å²) < 4.78 is 8.38. The maximum Gasteiger partial charge on any atom is 0.254 e. The highest BCUT2D eigenvalue weighted by Crippen LogP contribution is 2.18. The number of piperazine rings is 1. The number of carbonyl (C=O) groups is 1. The van der Waals surface area contributed by atoms with Gasteiger partial charge in [-0.2, -0.15) is 8.75 Å². The molecule has 0 saturated carbocycles. The van der Waals surface area contributed by atoms with Crippen molar-refractivity contribution in [3.05, 3.63) is 35.9 Å². The SMILES string of the molecule is CCNc1ccc(N2CCN(C(=O)c3ccc4nsnc4c3)CC2)nn1. The van der Waals surface area contributed by atoms with Crippen LogP contribution in [0.4, 0.5) is 11.6 Å². The smallest absolute Gasteiger partial charge is 0.254 e. The summed E-state index contributed by atoms with van der Waals surface area (Å²) in [6, 6.07) is 9.39. The molecule has 0 unspecified atom stereocenters. The van der Waals surface area contributed by atoms with Crippen LogP contribution in [0.5, 0.6) is 0 Å². The van der Waals surface area contributed by atoms with Crippen LogP contribution in [-0.2, 0) is 0 Å². The molecule has 1 amide bonds. The molecule has 0 radical (unpaired) electrons. The van der Waals surface area contributed by atoms with E-state index in [2.05, 4.69) is 29.2 Å². The van der Waals surface area contributed by atoms with Gasteiger partial charge in [0, 0.05) is 38.3 Å². The van der Waals surface area contributed by atoms with E-state index in [1.165, 1.54) is 0 Å². The highest BCUT2D eigenvalue weighted by molar-refractivity contribution is 7.00. The van der Waals surface area contributed by atoms with E-state index in [-0.39, 0.29) is 5.91 Å². The van der Waals surface area contributed by atoms with Gasteiger partial charge in [0.1, 0.15) is 16.9 Å². The highest BCUT2D eigenvalue weighted by Gasteiger charge is 2.23. The fourth-order valence-corrected chi connectivity index (χ4v) is 3.52. The molecular weight excluding hydrogens is 350 g/mol. The molecule has 1 fully saturated rings. The first-order valence-corrected chi connectivity index (χ1v) is 9.32. The molecule has 3 heterocycles. The maximum atomic E-state index is 12.8. The van der Waals surface area contributed by atoms with E-state index in [0.29, 0.717) is 18.7 Å². The van der Waals surface area contributed by atoms with Crippen molar-refractivity contribution in [3.8, 4) is 0 Å². The minimum absolute atomic E-state index is 0.0353. The Morgan fingerprint density at radius 3 is 2.62 bits per heavy atom. The lowest BCUT2D eigenvalue weighted by atomic mass is 10.1. The standard InChI is InChI=1S/C17H19N7OS/c1-2-18-15-5-6-16(20-19-15)23-7-9-24(10-8-23)17(25)12-3-4-13-14(11-12)22-26-21-13/h3-6,11H,2,7-10H2,1H3,(H,18,19). The Kier molecular flexibility index (Phi) is 4.61. The Bertz CT molecular complexity index is 903. The number of hydrogen-bond acceptors (Lipinski definition) is 8. The first kappa shape index (κ1) is 16.6. The number of hydrogen-bond donors (Lipinski definition) is 1. The topological polar surface area (TPSA) is 87.1 Å². The normalized spacial score (nSPS) is 14.7. The molecular formula is C17H19N7OS. The van der Waals surface area contributed by atoms with Crippen LogP contribution in [0.2, 0.25) is 0 Å². The second-order valence-corrected chi connectivity index (χ2v) is 6.58. The van der Waals surface area contributed by atoms with Crippen LogP contribution in [-0.4, -0.2) is 62.5 Å². The van der Waals surface area contributed by atoms with Crippen molar-refractivity contribution in [1.82, 2.24) is 23.8 Å². The highest BCUT2D eigenvalue weighted by atomic mass is 32.1. The number of carbonyl (C=O) groups excluding carboxylic acids is 1. The van der Waals surface area contributed by atoms with Crippen LogP contribution in [0.25, 0.3) is 11.0 Å².